The Labute approximate surface area is 140 Å². The average Bonchev–Trinajstić information content (AvgIpc) is 2.48. The number of carbonyl (C=O) groups is 1. The molecule has 2 aromatic carbocycles. The summed E-state index contributed by atoms with van der Waals surface area (Å²) in [7, 11) is 0. The van der Waals surface area contributed by atoms with Crippen LogP contribution in [0, 0.1) is 11.2 Å². The maximum atomic E-state index is 13.7. The van der Waals surface area contributed by atoms with Gasteiger partial charge in [-0.2, -0.15) is 0 Å². The van der Waals surface area contributed by atoms with Crippen LogP contribution >= 0.6 is 0 Å². The minimum absolute atomic E-state index is 0.0896. The van der Waals surface area contributed by atoms with E-state index in [9.17, 15) is 9.18 Å². The summed E-state index contributed by atoms with van der Waals surface area (Å²) in [5.41, 5.74) is 6.63. The molecule has 0 radical (unpaired) electrons. The Bertz CT molecular complexity index is 741. The Kier molecular flexibility index (Phi) is 4.97. The minimum atomic E-state index is -1.14. The van der Waals surface area contributed by atoms with Crippen LogP contribution in [0.4, 0.5) is 14.9 Å². The first-order chi connectivity index (χ1) is 11.2. The third-order valence-corrected chi connectivity index (χ3v) is 3.57. The number of benzene rings is 2. The zero-order valence-corrected chi connectivity index (χ0v) is 13.8. The molecule has 5 nitrogen and oxygen atoms in total. The highest BCUT2D eigenvalue weighted by molar-refractivity contribution is 5.66. The zero-order chi connectivity index (χ0) is 17.9. The fourth-order valence-corrected chi connectivity index (χ4v) is 2.41. The third-order valence-electron chi connectivity index (χ3n) is 3.57. The number of nitrogen functional groups attached to an aromatic ring is 1. The second-order valence-electron chi connectivity index (χ2n) is 6.57. The summed E-state index contributed by atoms with van der Waals surface area (Å²) >= 11 is 0. The van der Waals surface area contributed by atoms with Crippen LogP contribution in [0.1, 0.15) is 32.4 Å². The molecule has 0 heterocycles. The molecule has 6 heteroatoms. The van der Waals surface area contributed by atoms with Crippen LogP contribution in [0.2, 0.25) is 0 Å². The summed E-state index contributed by atoms with van der Waals surface area (Å²) in [6.07, 6.45) is -1.14. The van der Waals surface area contributed by atoms with Gasteiger partial charge in [-0.15, -0.1) is 0 Å². The number of anilines is 1. The highest BCUT2D eigenvalue weighted by Crippen LogP contribution is 2.38. The Hall–Kier alpha value is -2.76. The molecule has 128 valence electrons. The summed E-state index contributed by atoms with van der Waals surface area (Å²) in [4.78, 5) is 11.1. The lowest BCUT2D eigenvalue weighted by molar-refractivity contribution is 0.175. The van der Waals surface area contributed by atoms with E-state index in [1.54, 1.807) is 30.3 Å². The topological polar surface area (TPSA) is 84.6 Å². The maximum absolute atomic E-state index is 13.7. The number of halogens is 1. The summed E-state index contributed by atoms with van der Waals surface area (Å²) in [6.45, 7) is 5.70. The number of nitrogens with two attached hydrogens (primary N) is 1. The van der Waals surface area contributed by atoms with Gasteiger partial charge in [0.15, 0.2) is 11.6 Å². The molecule has 0 spiro atoms. The summed E-state index contributed by atoms with van der Waals surface area (Å²) in [5, 5.41) is 11.6. The summed E-state index contributed by atoms with van der Waals surface area (Å²) in [6, 6.07) is 10.4. The number of rotatable bonds is 4. The van der Waals surface area contributed by atoms with Crippen LogP contribution < -0.4 is 15.8 Å². The van der Waals surface area contributed by atoms with E-state index in [0.717, 1.165) is 0 Å². The number of ether oxygens (including phenoxy) is 1. The summed E-state index contributed by atoms with van der Waals surface area (Å²) < 4.78 is 19.3. The minimum Gasteiger partial charge on any atom is -0.465 e. The monoisotopic (exact) mass is 332 g/mol. The lowest BCUT2D eigenvalue weighted by atomic mass is 9.81. The Morgan fingerprint density at radius 2 is 1.92 bits per heavy atom. The molecule has 1 amide bonds. The molecule has 2 aromatic rings. The van der Waals surface area contributed by atoms with E-state index in [1.165, 1.54) is 12.1 Å². The van der Waals surface area contributed by atoms with Gasteiger partial charge in [-0.1, -0.05) is 32.9 Å². The molecule has 2 rings (SSSR count). The molecule has 1 atom stereocenters. The van der Waals surface area contributed by atoms with Crippen molar-refractivity contribution < 1.29 is 19.0 Å². The molecule has 0 aliphatic rings. The fraction of sp³-hybridized carbons (Fsp3) is 0.278. The van der Waals surface area contributed by atoms with Gasteiger partial charge in [0.1, 0.15) is 5.75 Å². The van der Waals surface area contributed by atoms with Gasteiger partial charge >= 0.3 is 6.09 Å². The van der Waals surface area contributed by atoms with Gasteiger partial charge in [0.2, 0.25) is 0 Å². The van der Waals surface area contributed by atoms with Gasteiger partial charge in [0.05, 0.1) is 6.04 Å². The van der Waals surface area contributed by atoms with Gasteiger partial charge in [0.25, 0.3) is 0 Å². The molecule has 0 aromatic heterocycles. The maximum Gasteiger partial charge on any atom is 0.405 e. The molecule has 1 unspecified atom stereocenters. The van der Waals surface area contributed by atoms with Crippen molar-refractivity contribution in [3.8, 4) is 11.5 Å². The van der Waals surface area contributed by atoms with Gasteiger partial charge < -0.3 is 20.9 Å². The van der Waals surface area contributed by atoms with Crippen LogP contribution in [0.25, 0.3) is 0 Å². The van der Waals surface area contributed by atoms with E-state index >= 15 is 0 Å². The van der Waals surface area contributed by atoms with Crippen molar-refractivity contribution in [3.05, 3.63) is 53.8 Å². The molecule has 0 aliphatic heterocycles. The third kappa shape index (κ3) is 4.16. The molecule has 4 N–H and O–H groups in total. The average molecular weight is 332 g/mol. The van der Waals surface area contributed by atoms with E-state index in [-0.39, 0.29) is 5.75 Å². The first-order valence-corrected chi connectivity index (χ1v) is 7.50. The first kappa shape index (κ1) is 17.6. The van der Waals surface area contributed by atoms with Crippen LogP contribution in [-0.4, -0.2) is 11.2 Å². The van der Waals surface area contributed by atoms with Crippen molar-refractivity contribution in [2.75, 3.05) is 5.73 Å². The highest BCUT2D eigenvalue weighted by atomic mass is 19.1. The van der Waals surface area contributed by atoms with Crippen molar-refractivity contribution >= 4 is 11.8 Å². The van der Waals surface area contributed by atoms with Gasteiger partial charge in [-0.3, -0.25) is 0 Å². The van der Waals surface area contributed by atoms with E-state index < -0.39 is 23.4 Å². The molecular formula is C18H21FN2O3. The van der Waals surface area contributed by atoms with Crippen molar-refractivity contribution in [2.45, 2.75) is 26.8 Å². The smallest absolute Gasteiger partial charge is 0.405 e. The normalized spacial score (nSPS) is 12.5. The lowest BCUT2D eigenvalue weighted by Crippen LogP contribution is -2.36. The second-order valence-corrected chi connectivity index (χ2v) is 6.57. The molecule has 24 heavy (non-hydrogen) atoms. The predicted molar refractivity (Wildman–Crippen MR) is 90.7 cm³/mol. The highest BCUT2D eigenvalue weighted by Gasteiger charge is 2.29. The quantitative estimate of drug-likeness (QED) is 0.717. The van der Waals surface area contributed by atoms with Crippen LogP contribution in [0.5, 0.6) is 11.5 Å². The fourth-order valence-electron chi connectivity index (χ4n) is 2.41. The molecule has 0 saturated carbocycles. The second kappa shape index (κ2) is 6.78. The zero-order valence-electron chi connectivity index (χ0n) is 13.8. The molecular weight excluding hydrogens is 311 g/mol. The van der Waals surface area contributed by atoms with Crippen LogP contribution in [0.15, 0.2) is 42.5 Å². The SMILES string of the molecule is CC(C)(C)C(NC(=O)O)c1cc(Oc2ccccc2F)ccc1N. The number of hydrogen-bond donors (Lipinski definition) is 3. The van der Waals surface area contributed by atoms with Crippen molar-refractivity contribution in [2.24, 2.45) is 5.41 Å². The van der Waals surface area contributed by atoms with Crippen molar-refractivity contribution in [1.82, 2.24) is 5.32 Å². The number of amides is 1. The van der Waals surface area contributed by atoms with E-state index in [2.05, 4.69) is 5.32 Å². The number of nitrogens with one attached hydrogen (secondary N) is 1. The first-order valence-electron chi connectivity index (χ1n) is 7.50. The van der Waals surface area contributed by atoms with Crippen molar-refractivity contribution in [1.29, 1.82) is 0 Å². The number of carboxylic acid groups (broad SMARTS) is 1. The largest absolute Gasteiger partial charge is 0.465 e. The van der Waals surface area contributed by atoms with Gasteiger partial charge in [-0.05, 0) is 35.7 Å². The predicted octanol–water partition coefficient (Wildman–Crippen LogP) is 4.56. The number of para-hydroxylation sites is 1. The van der Waals surface area contributed by atoms with E-state index in [4.69, 9.17) is 15.6 Å². The summed E-state index contributed by atoms with van der Waals surface area (Å²) in [5.74, 6) is -0.00984. The molecule has 0 fully saturated rings. The van der Waals surface area contributed by atoms with Gasteiger partial charge in [-0.25, -0.2) is 9.18 Å². The lowest BCUT2D eigenvalue weighted by Gasteiger charge is -2.32. The van der Waals surface area contributed by atoms with E-state index in [0.29, 0.717) is 17.0 Å². The molecule has 0 aliphatic carbocycles. The standard InChI is InChI=1S/C18H21FN2O3/c1-18(2,3)16(21-17(22)23)12-10-11(8-9-14(12)20)24-15-7-5-4-6-13(15)19/h4-10,16,21H,20H2,1-3H3,(H,22,23). The van der Waals surface area contributed by atoms with E-state index in [1.807, 2.05) is 20.8 Å². The Balaban J connectivity index is 2.40. The Morgan fingerprint density at radius 1 is 1.25 bits per heavy atom. The molecule has 0 bridgehead atoms. The number of hydrogen-bond acceptors (Lipinski definition) is 3. The van der Waals surface area contributed by atoms with Crippen molar-refractivity contribution in [3.63, 3.8) is 0 Å². The van der Waals surface area contributed by atoms with Crippen LogP contribution in [0.3, 0.4) is 0 Å². The Morgan fingerprint density at radius 3 is 2.50 bits per heavy atom. The molecule has 0 saturated heterocycles. The van der Waals surface area contributed by atoms with Gasteiger partial charge in [0, 0.05) is 11.3 Å². The van der Waals surface area contributed by atoms with Crippen LogP contribution in [-0.2, 0) is 0 Å².